The van der Waals surface area contributed by atoms with E-state index in [2.05, 4.69) is 17.4 Å². The number of hydrogen-bond donors (Lipinski definition) is 3. The Balaban J connectivity index is 1.70. The van der Waals surface area contributed by atoms with Crippen LogP contribution in [0.1, 0.15) is 35.6 Å². The van der Waals surface area contributed by atoms with Crippen molar-refractivity contribution in [2.24, 2.45) is 11.7 Å². The van der Waals surface area contributed by atoms with Crippen molar-refractivity contribution in [3.05, 3.63) is 71.3 Å². The highest BCUT2D eigenvalue weighted by molar-refractivity contribution is 5.79. The first-order valence-corrected chi connectivity index (χ1v) is 8.97. The van der Waals surface area contributed by atoms with Crippen molar-refractivity contribution in [1.82, 2.24) is 5.32 Å². The van der Waals surface area contributed by atoms with Crippen LogP contribution in [0.4, 0.5) is 0 Å². The number of fused-ring (bicyclic) bond motifs is 1. The van der Waals surface area contributed by atoms with Crippen LogP contribution in [-0.4, -0.2) is 23.7 Å². The highest BCUT2D eigenvalue weighted by Gasteiger charge is 2.28. The smallest absolute Gasteiger partial charge is 0.224 e. The highest BCUT2D eigenvalue weighted by Crippen LogP contribution is 2.31. The Morgan fingerprint density at radius 2 is 1.88 bits per heavy atom. The van der Waals surface area contributed by atoms with Crippen molar-refractivity contribution >= 4 is 5.91 Å². The van der Waals surface area contributed by atoms with Gasteiger partial charge in [0.2, 0.25) is 5.91 Å². The largest absolute Gasteiger partial charge is 0.392 e. The van der Waals surface area contributed by atoms with Gasteiger partial charge < -0.3 is 16.2 Å². The third kappa shape index (κ3) is 4.47. The fourth-order valence-electron chi connectivity index (χ4n) is 3.60. The van der Waals surface area contributed by atoms with E-state index >= 15 is 0 Å². The summed E-state index contributed by atoms with van der Waals surface area (Å²) >= 11 is 0. The molecule has 0 radical (unpaired) electrons. The zero-order chi connectivity index (χ0) is 17.6. The lowest BCUT2D eigenvalue weighted by Crippen LogP contribution is -2.37. The van der Waals surface area contributed by atoms with Gasteiger partial charge in [-0.2, -0.15) is 0 Å². The summed E-state index contributed by atoms with van der Waals surface area (Å²) in [5.74, 6) is -0.285. The SMILES string of the molecule is NCC(O)CC(Cc1ccccc1)C(=O)N[C@@H]1CCc2ccccc21. The molecule has 0 spiro atoms. The van der Waals surface area contributed by atoms with E-state index in [4.69, 9.17) is 5.73 Å². The molecule has 4 N–H and O–H groups in total. The van der Waals surface area contributed by atoms with E-state index in [1.807, 2.05) is 42.5 Å². The monoisotopic (exact) mass is 338 g/mol. The van der Waals surface area contributed by atoms with Crippen LogP contribution >= 0.6 is 0 Å². The van der Waals surface area contributed by atoms with Gasteiger partial charge in [-0.3, -0.25) is 4.79 Å². The van der Waals surface area contributed by atoms with Crippen molar-refractivity contribution in [3.63, 3.8) is 0 Å². The molecule has 2 aromatic carbocycles. The zero-order valence-corrected chi connectivity index (χ0v) is 14.4. The molecule has 3 rings (SSSR count). The quantitative estimate of drug-likeness (QED) is 0.725. The first-order valence-electron chi connectivity index (χ1n) is 8.97. The van der Waals surface area contributed by atoms with Gasteiger partial charge in [0.05, 0.1) is 12.1 Å². The standard InChI is InChI=1S/C21H26N2O2/c22-14-18(24)13-17(12-15-6-2-1-3-7-15)21(25)23-20-11-10-16-8-4-5-9-19(16)20/h1-9,17-18,20,24H,10-14,22H2,(H,23,25)/t17?,18?,20-/m1/s1. The molecule has 0 aromatic heterocycles. The molecule has 0 saturated heterocycles. The number of rotatable bonds is 7. The predicted octanol–water partition coefficient (Wildman–Crippen LogP) is 2.36. The number of carbonyl (C=O) groups excluding carboxylic acids is 1. The van der Waals surface area contributed by atoms with Gasteiger partial charge in [0.15, 0.2) is 0 Å². The Morgan fingerprint density at radius 3 is 2.64 bits per heavy atom. The van der Waals surface area contributed by atoms with Crippen LogP contribution < -0.4 is 11.1 Å². The first kappa shape index (κ1) is 17.6. The topological polar surface area (TPSA) is 75.3 Å². The molecule has 0 aliphatic heterocycles. The predicted molar refractivity (Wildman–Crippen MR) is 99.0 cm³/mol. The molecule has 1 amide bonds. The summed E-state index contributed by atoms with van der Waals surface area (Å²) in [4.78, 5) is 12.9. The van der Waals surface area contributed by atoms with Crippen LogP contribution in [0.15, 0.2) is 54.6 Å². The molecule has 0 saturated carbocycles. The Kier molecular flexibility index (Phi) is 5.84. The number of amides is 1. The third-order valence-corrected chi connectivity index (χ3v) is 4.97. The van der Waals surface area contributed by atoms with Gasteiger partial charge in [-0.1, -0.05) is 54.6 Å². The molecule has 25 heavy (non-hydrogen) atoms. The fraction of sp³-hybridized carbons (Fsp3) is 0.381. The maximum Gasteiger partial charge on any atom is 0.224 e. The number of benzene rings is 2. The molecule has 2 unspecified atom stereocenters. The van der Waals surface area contributed by atoms with Gasteiger partial charge in [-0.05, 0) is 42.4 Å². The van der Waals surface area contributed by atoms with Crippen molar-refractivity contribution in [2.45, 2.75) is 37.8 Å². The van der Waals surface area contributed by atoms with Crippen LogP contribution in [-0.2, 0) is 17.6 Å². The van der Waals surface area contributed by atoms with Gasteiger partial charge in [0, 0.05) is 12.5 Å². The first-order chi connectivity index (χ1) is 12.2. The summed E-state index contributed by atoms with van der Waals surface area (Å²) in [5.41, 5.74) is 9.19. The second-order valence-corrected chi connectivity index (χ2v) is 6.81. The van der Waals surface area contributed by atoms with Crippen molar-refractivity contribution in [2.75, 3.05) is 6.54 Å². The van der Waals surface area contributed by atoms with Crippen LogP contribution in [0.3, 0.4) is 0 Å². The van der Waals surface area contributed by atoms with Gasteiger partial charge in [-0.15, -0.1) is 0 Å². The number of nitrogens with one attached hydrogen (secondary N) is 1. The van der Waals surface area contributed by atoms with Crippen molar-refractivity contribution in [1.29, 1.82) is 0 Å². The lowest BCUT2D eigenvalue weighted by Gasteiger charge is -2.22. The Hall–Kier alpha value is -2.17. The molecule has 1 aliphatic rings. The number of aliphatic hydroxyl groups excluding tert-OH is 1. The van der Waals surface area contributed by atoms with E-state index in [1.165, 1.54) is 11.1 Å². The van der Waals surface area contributed by atoms with Crippen molar-refractivity contribution in [3.8, 4) is 0 Å². The van der Waals surface area contributed by atoms with Gasteiger partial charge in [0.1, 0.15) is 0 Å². The van der Waals surface area contributed by atoms with Crippen molar-refractivity contribution < 1.29 is 9.90 Å². The lowest BCUT2D eigenvalue weighted by molar-refractivity contribution is -0.126. The molecule has 4 nitrogen and oxygen atoms in total. The molecule has 1 aliphatic carbocycles. The normalized spacial score (nSPS) is 18.4. The van der Waals surface area contributed by atoms with Crippen LogP contribution in [0, 0.1) is 5.92 Å². The van der Waals surface area contributed by atoms with E-state index in [0.29, 0.717) is 12.8 Å². The fourth-order valence-corrected chi connectivity index (χ4v) is 3.60. The number of aryl methyl sites for hydroxylation is 1. The zero-order valence-electron chi connectivity index (χ0n) is 14.4. The Labute approximate surface area is 149 Å². The van der Waals surface area contributed by atoms with Gasteiger partial charge in [0.25, 0.3) is 0 Å². The maximum atomic E-state index is 12.9. The number of carbonyl (C=O) groups is 1. The third-order valence-electron chi connectivity index (χ3n) is 4.97. The average Bonchev–Trinajstić information content (AvgIpc) is 3.05. The molecule has 0 heterocycles. The summed E-state index contributed by atoms with van der Waals surface area (Å²) in [6.07, 6.45) is 2.26. The number of nitrogens with two attached hydrogens (primary N) is 1. The minimum atomic E-state index is -0.657. The molecule has 0 bridgehead atoms. The molecule has 0 fully saturated rings. The Bertz CT molecular complexity index is 702. The second-order valence-electron chi connectivity index (χ2n) is 6.81. The van der Waals surface area contributed by atoms with E-state index in [-0.39, 0.29) is 24.4 Å². The van der Waals surface area contributed by atoms with Gasteiger partial charge >= 0.3 is 0 Å². The highest BCUT2D eigenvalue weighted by atomic mass is 16.3. The summed E-state index contributed by atoms with van der Waals surface area (Å²) in [6.45, 7) is 0.171. The minimum absolute atomic E-state index is 0.00180. The molecular weight excluding hydrogens is 312 g/mol. The lowest BCUT2D eigenvalue weighted by atomic mass is 9.92. The summed E-state index contributed by atoms with van der Waals surface area (Å²) in [6, 6.07) is 18.3. The van der Waals surface area contributed by atoms with Crippen LogP contribution in [0.2, 0.25) is 0 Å². The van der Waals surface area contributed by atoms with E-state index in [0.717, 1.165) is 18.4 Å². The molecule has 3 atom stereocenters. The summed E-state index contributed by atoms with van der Waals surface area (Å²) in [7, 11) is 0. The molecular formula is C21H26N2O2. The maximum absolute atomic E-state index is 12.9. The van der Waals surface area contributed by atoms with Gasteiger partial charge in [-0.25, -0.2) is 0 Å². The van der Waals surface area contributed by atoms with Crippen LogP contribution in [0.5, 0.6) is 0 Å². The molecule has 132 valence electrons. The van der Waals surface area contributed by atoms with Crippen LogP contribution in [0.25, 0.3) is 0 Å². The molecule has 2 aromatic rings. The van der Waals surface area contributed by atoms with E-state index < -0.39 is 6.10 Å². The summed E-state index contributed by atoms with van der Waals surface area (Å²) < 4.78 is 0. The average molecular weight is 338 g/mol. The number of hydrogen-bond acceptors (Lipinski definition) is 3. The number of aliphatic hydroxyl groups is 1. The van der Waals surface area contributed by atoms with E-state index in [1.54, 1.807) is 0 Å². The summed E-state index contributed by atoms with van der Waals surface area (Å²) in [5, 5.41) is 13.2. The van der Waals surface area contributed by atoms with E-state index in [9.17, 15) is 9.90 Å². The second kappa shape index (κ2) is 8.28. The molecule has 4 heteroatoms. The minimum Gasteiger partial charge on any atom is -0.392 e. The Morgan fingerprint density at radius 1 is 1.16 bits per heavy atom.